The normalized spacial score (nSPS) is 17.0. The van der Waals surface area contributed by atoms with E-state index in [9.17, 15) is 5.11 Å². The van der Waals surface area contributed by atoms with Crippen LogP contribution in [0.4, 0.5) is 0 Å². The van der Waals surface area contributed by atoms with Crippen molar-refractivity contribution >= 4 is 69.6 Å². The number of aliphatic hydroxyl groups excluding tert-OH is 1. The fraction of sp³-hybridized carbons (Fsp3) is 0.368. The van der Waals surface area contributed by atoms with Crippen LogP contribution in [-0.2, 0) is 6.54 Å². The smallest absolute Gasteiger partial charge is 0.0845 e. The fourth-order valence-corrected chi connectivity index (χ4v) is 5.65. The van der Waals surface area contributed by atoms with Gasteiger partial charge in [-0.2, -0.15) is 0 Å². The van der Waals surface area contributed by atoms with Crippen molar-refractivity contribution in [3.05, 3.63) is 43.7 Å². The lowest BCUT2D eigenvalue weighted by Gasteiger charge is -2.20. The van der Waals surface area contributed by atoms with Crippen LogP contribution in [0.2, 0.25) is 0 Å². The molecule has 0 spiro atoms. The highest BCUT2D eigenvalue weighted by Gasteiger charge is 2.20. The van der Waals surface area contributed by atoms with E-state index in [0.717, 1.165) is 44.1 Å². The SMILES string of the molecule is O[C@H](CN1CCCC1)Cn1c2ccc(Br)cc2c2cc(Br)cc(Br)c21. The summed E-state index contributed by atoms with van der Waals surface area (Å²) in [4.78, 5) is 2.36. The maximum Gasteiger partial charge on any atom is 0.0845 e. The third-order valence-electron chi connectivity index (χ3n) is 4.90. The van der Waals surface area contributed by atoms with Gasteiger partial charge in [-0.15, -0.1) is 0 Å². The van der Waals surface area contributed by atoms with Gasteiger partial charge in [0.2, 0.25) is 0 Å². The number of hydrogen-bond donors (Lipinski definition) is 1. The third kappa shape index (κ3) is 3.56. The number of likely N-dealkylation sites (tertiary alicyclic amines) is 1. The molecule has 0 bridgehead atoms. The Morgan fingerprint density at radius 2 is 1.64 bits per heavy atom. The third-order valence-corrected chi connectivity index (χ3v) is 6.45. The van der Waals surface area contributed by atoms with E-state index >= 15 is 0 Å². The highest BCUT2D eigenvalue weighted by atomic mass is 79.9. The van der Waals surface area contributed by atoms with Gasteiger partial charge in [-0.3, -0.25) is 0 Å². The van der Waals surface area contributed by atoms with Crippen LogP contribution in [0.25, 0.3) is 21.8 Å². The second-order valence-electron chi connectivity index (χ2n) is 6.72. The number of halogens is 3. The molecule has 132 valence electrons. The first-order chi connectivity index (χ1) is 12.0. The van der Waals surface area contributed by atoms with Crippen molar-refractivity contribution in [2.75, 3.05) is 19.6 Å². The standard InChI is InChI=1S/C19H19Br3N2O/c20-12-3-4-18-15(7-12)16-8-13(21)9-17(22)19(16)24(18)11-14(25)10-23-5-1-2-6-23/h3-4,7-9,14,25H,1-2,5-6,10-11H2/t14-/m1/s1. The zero-order valence-corrected chi connectivity index (χ0v) is 18.4. The lowest BCUT2D eigenvalue weighted by molar-refractivity contribution is 0.111. The molecule has 1 aliphatic rings. The molecule has 25 heavy (non-hydrogen) atoms. The number of benzene rings is 2. The van der Waals surface area contributed by atoms with E-state index in [1.807, 2.05) is 0 Å². The van der Waals surface area contributed by atoms with Gasteiger partial charge in [0.1, 0.15) is 0 Å². The Bertz CT molecular complexity index is 931. The van der Waals surface area contributed by atoms with Crippen LogP contribution in [0, 0.1) is 0 Å². The van der Waals surface area contributed by atoms with Gasteiger partial charge >= 0.3 is 0 Å². The monoisotopic (exact) mass is 528 g/mol. The molecule has 0 aliphatic carbocycles. The number of fused-ring (bicyclic) bond motifs is 3. The number of aromatic nitrogens is 1. The van der Waals surface area contributed by atoms with Gasteiger partial charge in [0.05, 0.1) is 18.2 Å². The number of β-amino-alcohol motifs (C(OH)–C–C–N with tert-alkyl or cyclic N) is 1. The summed E-state index contributed by atoms with van der Waals surface area (Å²) in [6.45, 7) is 3.55. The molecule has 4 rings (SSSR count). The first kappa shape index (κ1) is 18.0. The molecular weight excluding hydrogens is 512 g/mol. The van der Waals surface area contributed by atoms with E-state index in [0.29, 0.717) is 6.54 Å². The molecule has 3 aromatic rings. The summed E-state index contributed by atoms with van der Waals surface area (Å²) < 4.78 is 5.39. The average Bonchev–Trinajstić information content (AvgIpc) is 3.14. The molecule has 2 aromatic carbocycles. The fourth-order valence-electron chi connectivity index (χ4n) is 3.85. The van der Waals surface area contributed by atoms with Gasteiger partial charge in [-0.25, -0.2) is 0 Å². The van der Waals surface area contributed by atoms with Crippen LogP contribution in [0.15, 0.2) is 43.7 Å². The molecule has 1 atom stereocenters. The van der Waals surface area contributed by atoms with E-state index in [4.69, 9.17) is 0 Å². The largest absolute Gasteiger partial charge is 0.390 e. The number of hydrogen-bond acceptors (Lipinski definition) is 2. The zero-order valence-electron chi connectivity index (χ0n) is 13.7. The molecule has 1 saturated heterocycles. The quantitative estimate of drug-likeness (QED) is 0.480. The van der Waals surface area contributed by atoms with Gasteiger partial charge in [0.25, 0.3) is 0 Å². The summed E-state index contributed by atoms with van der Waals surface area (Å²) in [5, 5.41) is 13.1. The average molecular weight is 531 g/mol. The lowest BCUT2D eigenvalue weighted by atomic mass is 10.2. The van der Waals surface area contributed by atoms with Gasteiger partial charge in [0, 0.05) is 36.3 Å². The summed E-state index contributed by atoms with van der Waals surface area (Å²) in [5.41, 5.74) is 2.29. The Morgan fingerprint density at radius 1 is 0.920 bits per heavy atom. The van der Waals surface area contributed by atoms with Crippen molar-refractivity contribution in [1.29, 1.82) is 0 Å². The van der Waals surface area contributed by atoms with Crippen LogP contribution in [0.3, 0.4) is 0 Å². The second kappa shape index (κ2) is 7.31. The minimum absolute atomic E-state index is 0.379. The van der Waals surface area contributed by atoms with Gasteiger partial charge in [0.15, 0.2) is 0 Å². The molecule has 1 aromatic heterocycles. The summed E-state index contributed by atoms with van der Waals surface area (Å²) in [6, 6.07) is 10.6. The summed E-state index contributed by atoms with van der Waals surface area (Å²) in [7, 11) is 0. The molecule has 1 N–H and O–H groups in total. The van der Waals surface area contributed by atoms with E-state index in [-0.39, 0.29) is 6.10 Å². The van der Waals surface area contributed by atoms with Crippen molar-refractivity contribution in [3.63, 3.8) is 0 Å². The van der Waals surface area contributed by atoms with Crippen LogP contribution in [-0.4, -0.2) is 40.3 Å². The molecule has 1 fully saturated rings. The number of rotatable bonds is 4. The minimum Gasteiger partial charge on any atom is -0.390 e. The van der Waals surface area contributed by atoms with Gasteiger partial charge < -0.3 is 14.6 Å². The van der Waals surface area contributed by atoms with Crippen LogP contribution < -0.4 is 0 Å². The molecule has 0 saturated carbocycles. The summed E-state index contributed by atoms with van der Waals surface area (Å²) in [5.74, 6) is 0. The van der Waals surface area contributed by atoms with Crippen LogP contribution >= 0.6 is 47.8 Å². The van der Waals surface area contributed by atoms with Crippen molar-refractivity contribution in [3.8, 4) is 0 Å². The zero-order chi connectivity index (χ0) is 17.6. The van der Waals surface area contributed by atoms with Crippen LogP contribution in [0.5, 0.6) is 0 Å². The number of nitrogens with zero attached hydrogens (tertiary/aromatic N) is 2. The molecule has 2 heterocycles. The molecular formula is C19H19Br3N2O. The minimum atomic E-state index is -0.379. The van der Waals surface area contributed by atoms with Crippen molar-refractivity contribution < 1.29 is 5.11 Å². The predicted molar refractivity (Wildman–Crippen MR) is 114 cm³/mol. The van der Waals surface area contributed by atoms with Gasteiger partial charge in [-0.1, -0.05) is 31.9 Å². The van der Waals surface area contributed by atoms with E-state index in [1.54, 1.807) is 0 Å². The first-order valence-electron chi connectivity index (χ1n) is 8.50. The molecule has 0 amide bonds. The molecule has 1 aliphatic heterocycles. The Balaban J connectivity index is 1.80. The van der Waals surface area contributed by atoms with Crippen LogP contribution in [0.1, 0.15) is 12.8 Å². The summed E-state index contributed by atoms with van der Waals surface area (Å²) >= 11 is 10.9. The Morgan fingerprint density at radius 3 is 2.40 bits per heavy atom. The molecule has 0 unspecified atom stereocenters. The highest BCUT2D eigenvalue weighted by molar-refractivity contribution is 9.11. The summed E-state index contributed by atoms with van der Waals surface area (Å²) in [6.07, 6.45) is 2.11. The molecule has 3 nitrogen and oxygen atoms in total. The highest BCUT2D eigenvalue weighted by Crippen LogP contribution is 2.37. The Labute approximate surface area is 172 Å². The van der Waals surface area contributed by atoms with Crippen molar-refractivity contribution in [1.82, 2.24) is 9.47 Å². The van der Waals surface area contributed by atoms with E-state index in [2.05, 4.69) is 87.6 Å². The Hall–Kier alpha value is -0.400. The molecule has 0 radical (unpaired) electrons. The maximum atomic E-state index is 10.7. The second-order valence-corrected chi connectivity index (χ2v) is 9.40. The Kier molecular flexibility index (Phi) is 5.26. The first-order valence-corrected chi connectivity index (χ1v) is 10.9. The van der Waals surface area contributed by atoms with Crippen molar-refractivity contribution in [2.45, 2.75) is 25.5 Å². The molecule has 6 heteroatoms. The van der Waals surface area contributed by atoms with Gasteiger partial charge in [-0.05, 0) is 72.2 Å². The predicted octanol–water partition coefficient (Wildman–Crippen LogP) is 5.54. The lowest BCUT2D eigenvalue weighted by Crippen LogP contribution is -2.32. The number of aliphatic hydroxyl groups is 1. The van der Waals surface area contributed by atoms with E-state index in [1.165, 1.54) is 23.6 Å². The van der Waals surface area contributed by atoms with E-state index < -0.39 is 0 Å². The topological polar surface area (TPSA) is 28.4 Å². The van der Waals surface area contributed by atoms with Crippen molar-refractivity contribution in [2.24, 2.45) is 0 Å². The maximum absolute atomic E-state index is 10.7.